The van der Waals surface area contributed by atoms with Gasteiger partial charge in [-0.1, -0.05) is 30.3 Å². The van der Waals surface area contributed by atoms with Gasteiger partial charge in [0.15, 0.2) is 0 Å². The highest BCUT2D eigenvalue weighted by molar-refractivity contribution is 5.83. The number of hydrogen-bond acceptors (Lipinski definition) is 3. The van der Waals surface area contributed by atoms with Gasteiger partial charge in [-0.05, 0) is 30.0 Å². The summed E-state index contributed by atoms with van der Waals surface area (Å²) in [5, 5.41) is 13.8. The fourth-order valence-corrected chi connectivity index (χ4v) is 1.71. The van der Waals surface area contributed by atoms with Crippen LogP contribution >= 0.6 is 0 Å². The van der Waals surface area contributed by atoms with Crippen molar-refractivity contribution in [1.29, 1.82) is 0 Å². The van der Waals surface area contributed by atoms with Crippen LogP contribution in [0.2, 0.25) is 0 Å². The van der Waals surface area contributed by atoms with Crippen LogP contribution in [0.15, 0.2) is 42.5 Å². The summed E-state index contributed by atoms with van der Waals surface area (Å²) in [6, 6.07) is 13.0. The quantitative estimate of drug-likeness (QED) is 0.844. The van der Waals surface area contributed by atoms with Gasteiger partial charge in [-0.3, -0.25) is 4.79 Å². The highest BCUT2D eigenvalue weighted by Crippen LogP contribution is 2.20. The van der Waals surface area contributed by atoms with E-state index in [9.17, 15) is 4.79 Å². The van der Waals surface area contributed by atoms with Crippen LogP contribution < -0.4 is 10.1 Å². The molecule has 2 aromatic carbocycles. The van der Waals surface area contributed by atoms with Crippen LogP contribution in [0, 0.1) is 0 Å². The molecular weight excluding hydrogens is 230 g/mol. The number of carbonyl (C=O) groups is 1. The first-order valence-electron chi connectivity index (χ1n) is 5.72. The van der Waals surface area contributed by atoms with Crippen molar-refractivity contribution in [2.24, 2.45) is 0 Å². The average molecular weight is 245 g/mol. The molecule has 4 nitrogen and oxygen atoms in total. The largest absolute Gasteiger partial charge is 0.491 e. The van der Waals surface area contributed by atoms with Gasteiger partial charge in [-0.15, -0.1) is 0 Å². The third-order valence-electron chi connectivity index (χ3n) is 2.78. The SMILES string of the molecule is CNC(COc1ccc2ccccc2c1)C(=O)O. The molecule has 94 valence electrons. The van der Waals surface area contributed by atoms with Crippen molar-refractivity contribution in [3.63, 3.8) is 0 Å². The monoisotopic (exact) mass is 245 g/mol. The fraction of sp³-hybridized carbons (Fsp3) is 0.214. The lowest BCUT2D eigenvalue weighted by atomic mass is 10.1. The lowest BCUT2D eigenvalue weighted by Crippen LogP contribution is -2.39. The average Bonchev–Trinajstić information content (AvgIpc) is 2.39. The molecule has 0 aliphatic rings. The Balaban J connectivity index is 2.10. The van der Waals surface area contributed by atoms with E-state index in [0.29, 0.717) is 5.75 Å². The molecule has 0 spiro atoms. The Hall–Kier alpha value is -2.07. The molecule has 2 aromatic rings. The first kappa shape index (κ1) is 12.4. The zero-order valence-electron chi connectivity index (χ0n) is 10.1. The van der Waals surface area contributed by atoms with E-state index in [1.165, 1.54) is 0 Å². The maximum Gasteiger partial charge on any atom is 0.324 e. The lowest BCUT2D eigenvalue weighted by molar-refractivity contribution is -0.140. The number of fused-ring (bicyclic) bond motifs is 1. The third kappa shape index (κ3) is 2.78. The number of carboxylic acids is 1. The Morgan fingerprint density at radius 2 is 2.00 bits per heavy atom. The molecule has 0 bridgehead atoms. The molecule has 0 saturated heterocycles. The van der Waals surface area contributed by atoms with Gasteiger partial charge in [0.25, 0.3) is 0 Å². The van der Waals surface area contributed by atoms with Crippen molar-refractivity contribution in [1.82, 2.24) is 5.32 Å². The van der Waals surface area contributed by atoms with Crippen molar-refractivity contribution < 1.29 is 14.6 Å². The van der Waals surface area contributed by atoms with Crippen molar-refractivity contribution in [3.05, 3.63) is 42.5 Å². The van der Waals surface area contributed by atoms with Gasteiger partial charge in [-0.25, -0.2) is 0 Å². The molecule has 0 fully saturated rings. The van der Waals surface area contributed by atoms with E-state index in [0.717, 1.165) is 10.8 Å². The maximum absolute atomic E-state index is 10.8. The van der Waals surface area contributed by atoms with Crippen LogP contribution in [0.25, 0.3) is 10.8 Å². The number of hydrogen-bond donors (Lipinski definition) is 2. The fourth-order valence-electron chi connectivity index (χ4n) is 1.71. The number of nitrogens with one attached hydrogen (secondary N) is 1. The second-order valence-electron chi connectivity index (χ2n) is 4.00. The Kier molecular flexibility index (Phi) is 3.79. The van der Waals surface area contributed by atoms with Crippen LogP contribution in [-0.4, -0.2) is 30.8 Å². The number of likely N-dealkylation sites (N-methyl/N-ethyl adjacent to an activating group) is 1. The summed E-state index contributed by atoms with van der Waals surface area (Å²) < 4.78 is 5.49. The molecule has 18 heavy (non-hydrogen) atoms. The molecule has 0 aliphatic carbocycles. The summed E-state index contributed by atoms with van der Waals surface area (Å²) >= 11 is 0. The number of aliphatic carboxylic acids is 1. The standard InChI is InChI=1S/C14H15NO3/c1-15-13(14(16)17)9-18-12-7-6-10-4-2-3-5-11(10)8-12/h2-8,13,15H,9H2,1H3,(H,16,17). The zero-order chi connectivity index (χ0) is 13.0. The molecule has 0 amide bonds. The van der Waals surface area contributed by atoms with E-state index < -0.39 is 12.0 Å². The Morgan fingerprint density at radius 3 is 2.67 bits per heavy atom. The van der Waals surface area contributed by atoms with Crippen molar-refractivity contribution >= 4 is 16.7 Å². The maximum atomic E-state index is 10.8. The van der Waals surface area contributed by atoms with E-state index in [4.69, 9.17) is 9.84 Å². The topological polar surface area (TPSA) is 58.6 Å². The Labute approximate surface area is 105 Å². The molecule has 4 heteroatoms. The van der Waals surface area contributed by atoms with Gasteiger partial charge in [0.1, 0.15) is 18.4 Å². The lowest BCUT2D eigenvalue weighted by Gasteiger charge is -2.13. The van der Waals surface area contributed by atoms with Crippen LogP contribution in [0.5, 0.6) is 5.75 Å². The minimum absolute atomic E-state index is 0.101. The summed E-state index contributed by atoms with van der Waals surface area (Å²) in [6.07, 6.45) is 0. The van der Waals surface area contributed by atoms with E-state index in [-0.39, 0.29) is 6.61 Å². The van der Waals surface area contributed by atoms with Crippen LogP contribution in [0.3, 0.4) is 0 Å². The summed E-state index contributed by atoms with van der Waals surface area (Å²) in [4.78, 5) is 10.8. The summed E-state index contributed by atoms with van der Waals surface area (Å²) in [6.45, 7) is 0.101. The van der Waals surface area contributed by atoms with Gasteiger partial charge < -0.3 is 15.2 Å². The molecule has 1 atom stereocenters. The number of carboxylic acid groups (broad SMARTS) is 1. The van der Waals surface area contributed by atoms with E-state index >= 15 is 0 Å². The summed E-state index contributed by atoms with van der Waals surface area (Å²) in [5.41, 5.74) is 0. The van der Waals surface area contributed by atoms with Crippen LogP contribution in [0.1, 0.15) is 0 Å². The van der Waals surface area contributed by atoms with E-state index in [1.807, 2.05) is 42.5 Å². The zero-order valence-corrected chi connectivity index (χ0v) is 10.1. The van der Waals surface area contributed by atoms with Crippen LogP contribution in [0.4, 0.5) is 0 Å². The molecule has 2 rings (SSSR count). The van der Waals surface area contributed by atoms with E-state index in [1.54, 1.807) is 7.05 Å². The Morgan fingerprint density at radius 1 is 1.28 bits per heavy atom. The first-order chi connectivity index (χ1) is 8.70. The van der Waals surface area contributed by atoms with Crippen molar-refractivity contribution in [2.75, 3.05) is 13.7 Å². The number of ether oxygens (including phenoxy) is 1. The van der Waals surface area contributed by atoms with Gasteiger partial charge in [0, 0.05) is 0 Å². The predicted octanol–water partition coefficient (Wildman–Crippen LogP) is 1.89. The van der Waals surface area contributed by atoms with Gasteiger partial charge >= 0.3 is 5.97 Å². The van der Waals surface area contributed by atoms with Gasteiger partial charge in [-0.2, -0.15) is 0 Å². The first-order valence-corrected chi connectivity index (χ1v) is 5.72. The second kappa shape index (κ2) is 5.51. The molecule has 0 aliphatic heterocycles. The number of benzene rings is 2. The van der Waals surface area contributed by atoms with Crippen molar-refractivity contribution in [2.45, 2.75) is 6.04 Å². The van der Waals surface area contributed by atoms with Gasteiger partial charge in [0.05, 0.1) is 0 Å². The molecule has 1 unspecified atom stereocenters. The van der Waals surface area contributed by atoms with Crippen LogP contribution in [-0.2, 0) is 4.79 Å². The summed E-state index contributed by atoms with van der Waals surface area (Å²) in [5.74, 6) is -0.242. The predicted molar refractivity (Wildman–Crippen MR) is 69.9 cm³/mol. The normalized spacial score (nSPS) is 12.3. The smallest absolute Gasteiger partial charge is 0.324 e. The second-order valence-corrected chi connectivity index (χ2v) is 4.00. The molecule has 0 heterocycles. The minimum Gasteiger partial charge on any atom is -0.491 e. The molecule has 2 N–H and O–H groups in total. The molecule has 0 aromatic heterocycles. The third-order valence-corrected chi connectivity index (χ3v) is 2.78. The summed E-state index contributed by atoms with van der Waals surface area (Å²) in [7, 11) is 1.60. The molecule has 0 saturated carbocycles. The highest BCUT2D eigenvalue weighted by atomic mass is 16.5. The number of rotatable bonds is 5. The van der Waals surface area contributed by atoms with Gasteiger partial charge in [0.2, 0.25) is 0 Å². The molecular formula is C14H15NO3. The molecule has 0 radical (unpaired) electrons. The minimum atomic E-state index is -0.918. The van der Waals surface area contributed by atoms with Crippen molar-refractivity contribution in [3.8, 4) is 5.75 Å². The van der Waals surface area contributed by atoms with E-state index in [2.05, 4.69) is 5.32 Å². The highest BCUT2D eigenvalue weighted by Gasteiger charge is 2.15. The Bertz CT molecular complexity index is 553.